The second-order valence-electron chi connectivity index (χ2n) is 5.44. The molecule has 0 bridgehead atoms. The number of nitro benzene ring substituents is 1. The molecule has 0 aliphatic carbocycles. The van der Waals surface area contributed by atoms with Gasteiger partial charge in [-0.1, -0.05) is 6.07 Å². The van der Waals surface area contributed by atoms with E-state index in [0.29, 0.717) is 5.96 Å². The van der Waals surface area contributed by atoms with Gasteiger partial charge in [-0.3, -0.25) is 15.1 Å². The first-order chi connectivity index (χ1) is 11.4. The number of piperidine rings is 1. The zero-order chi connectivity index (χ0) is 17.6. The first-order valence-electron chi connectivity index (χ1n) is 7.69. The molecule has 1 saturated heterocycles. The molecule has 1 aliphatic rings. The van der Waals surface area contributed by atoms with E-state index in [-0.39, 0.29) is 47.6 Å². The number of guanidine groups is 1. The van der Waals surface area contributed by atoms with Crippen LogP contribution >= 0.6 is 24.0 Å². The number of non-ortho nitro benzene ring substituents is 1. The summed E-state index contributed by atoms with van der Waals surface area (Å²) >= 11 is 0. The Kier molecular flexibility index (Phi) is 8.52. The largest absolute Gasteiger partial charge is 0.370 e. The number of benzene rings is 1. The second kappa shape index (κ2) is 9.87. The van der Waals surface area contributed by atoms with Gasteiger partial charge in [0, 0.05) is 31.8 Å². The van der Waals surface area contributed by atoms with E-state index in [9.17, 15) is 18.5 Å². The number of nitro groups is 1. The Morgan fingerprint density at radius 3 is 2.64 bits per heavy atom. The molecule has 3 N–H and O–H groups in total. The van der Waals surface area contributed by atoms with E-state index in [1.807, 2.05) is 4.90 Å². The van der Waals surface area contributed by atoms with Gasteiger partial charge in [0.1, 0.15) is 0 Å². The van der Waals surface area contributed by atoms with Crippen molar-refractivity contribution in [2.75, 3.05) is 26.2 Å². The Labute approximate surface area is 163 Å². The molecule has 9 nitrogen and oxygen atoms in total. The average Bonchev–Trinajstić information content (AvgIpc) is 2.59. The number of hydrogen-bond acceptors (Lipinski definition) is 5. The fourth-order valence-corrected chi connectivity index (χ4v) is 3.48. The zero-order valence-electron chi connectivity index (χ0n) is 13.6. The van der Waals surface area contributed by atoms with Crippen LogP contribution in [0.2, 0.25) is 0 Å². The molecular weight excluding hydrogens is 461 g/mol. The summed E-state index contributed by atoms with van der Waals surface area (Å²) in [6, 6.07) is 4.90. The van der Waals surface area contributed by atoms with Crippen LogP contribution in [0.15, 0.2) is 34.2 Å². The first-order valence-corrected chi connectivity index (χ1v) is 9.17. The van der Waals surface area contributed by atoms with E-state index < -0.39 is 14.9 Å². The SMILES string of the molecule is I.NC(=NCCNS(=O)(=O)c1cccc([N+](=O)[O-])c1)N1CCCCC1. The van der Waals surface area contributed by atoms with Crippen molar-refractivity contribution in [1.82, 2.24) is 9.62 Å². The van der Waals surface area contributed by atoms with E-state index in [1.165, 1.54) is 24.6 Å². The fourth-order valence-electron chi connectivity index (χ4n) is 2.42. The van der Waals surface area contributed by atoms with Crippen LogP contribution in [0.4, 0.5) is 5.69 Å². The van der Waals surface area contributed by atoms with Gasteiger partial charge in [-0.2, -0.15) is 0 Å². The van der Waals surface area contributed by atoms with Crippen molar-refractivity contribution in [3.05, 3.63) is 34.4 Å². The van der Waals surface area contributed by atoms with Gasteiger partial charge in [0.2, 0.25) is 10.0 Å². The molecule has 0 saturated carbocycles. The lowest BCUT2D eigenvalue weighted by Gasteiger charge is -2.27. The standard InChI is InChI=1S/C14H21N5O4S.HI/c15-14(18-9-2-1-3-10-18)16-7-8-17-24(22,23)13-6-4-5-12(11-13)19(20)21;/h4-6,11,17H,1-3,7-10H2,(H2,15,16);1H. The van der Waals surface area contributed by atoms with Gasteiger partial charge in [-0.15, -0.1) is 24.0 Å². The summed E-state index contributed by atoms with van der Waals surface area (Å²) in [5.74, 6) is 0.421. The predicted octanol–water partition coefficient (Wildman–Crippen LogP) is 1.29. The number of aliphatic imine (C=N–C) groups is 1. The Bertz CT molecular complexity index is 720. The first kappa shape index (κ1) is 21.6. The highest BCUT2D eigenvalue weighted by Crippen LogP contribution is 2.16. The topological polar surface area (TPSA) is 131 Å². The fraction of sp³-hybridized carbons (Fsp3) is 0.500. The van der Waals surface area contributed by atoms with Crippen LogP contribution in [0.1, 0.15) is 19.3 Å². The third-order valence-electron chi connectivity index (χ3n) is 3.70. The number of rotatable bonds is 6. The monoisotopic (exact) mass is 483 g/mol. The van der Waals surface area contributed by atoms with Gasteiger partial charge in [0.25, 0.3) is 5.69 Å². The van der Waals surface area contributed by atoms with Gasteiger partial charge < -0.3 is 10.6 Å². The van der Waals surface area contributed by atoms with Crippen molar-refractivity contribution in [2.24, 2.45) is 10.7 Å². The minimum absolute atomic E-state index is 0. The van der Waals surface area contributed by atoms with Gasteiger partial charge in [-0.25, -0.2) is 13.1 Å². The molecule has 0 spiro atoms. The normalized spacial score (nSPS) is 15.5. The van der Waals surface area contributed by atoms with Crippen molar-refractivity contribution in [2.45, 2.75) is 24.2 Å². The number of nitrogens with one attached hydrogen (secondary N) is 1. The van der Waals surface area contributed by atoms with Crippen LogP contribution in [-0.2, 0) is 10.0 Å². The highest BCUT2D eigenvalue weighted by Gasteiger charge is 2.17. The molecule has 1 fully saturated rings. The van der Waals surface area contributed by atoms with Crippen molar-refractivity contribution in [3.8, 4) is 0 Å². The zero-order valence-corrected chi connectivity index (χ0v) is 16.8. The number of nitrogens with two attached hydrogens (primary N) is 1. The summed E-state index contributed by atoms with van der Waals surface area (Å²) in [4.78, 5) is 16.1. The van der Waals surface area contributed by atoms with Crippen LogP contribution in [0.25, 0.3) is 0 Å². The van der Waals surface area contributed by atoms with Crippen molar-refractivity contribution in [3.63, 3.8) is 0 Å². The Hall–Kier alpha value is -1.47. The Balaban J connectivity index is 0.00000312. The lowest BCUT2D eigenvalue weighted by Crippen LogP contribution is -2.41. The molecule has 0 radical (unpaired) electrons. The minimum Gasteiger partial charge on any atom is -0.370 e. The third kappa shape index (κ3) is 6.40. The van der Waals surface area contributed by atoms with Crippen molar-refractivity contribution < 1.29 is 13.3 Å². The molecule has 11 heteroatoms. The molecule has 0 unspecified atom stereocenters. The molecule has 2 rings (SSSR count). The number of sulfonamides is 1. The van der Waals surface area contributed by atoms with Gasteiger partial charge in [0.05, 0.1) is 16.4 Å². The summed E-state index contributed by atoms with van der Waals surface area (Å²) in [5.41, 5.74) is 5.61. The van der Waals surface area contributed by atoms with Crippen LogP contribution in [0, 0.1) is 10.1 Å². The molecule has 0 atom stereocenters. The Morgan fingerprint density at radius 2 is 2.00 bits per heavy atom. The second-order valence-corrected chi connectivity index (χ2v) is 7.21. The maximum absolute atomic E-state index is 12.1. The number of likely N-dealkylation sites (tertiary alicyclic amines) is 1. The maximum atomic E-state index is 12.1. The third-order valence-corrected chi connectivity index (χ3v) is 5.16. The number of hydrogen-bond donors (Lipinski definition) is 2. The summed E-state index contributed by atoms with van der Waals surface area (Å²) in [5, 5.41) is 10.7. The van der Waals surface area contributed by atoms with Crippen LogP contribution in [0.5, 0.6) is 0 Å². The van der Waals surface area contributed by atoms with Crippen molar-refractivity contribution >= 4 is 45.6 Å². The van der Waals surface area contributed by atoms with Gasteiger partial charge in [-0.05, 0) is 25.3 Å². The molecular formula is C14H22IN5O4S. The molecule has 1 aromatic carbocycles. The predicted molar refractivity (Wildman–Crippen MR) is 106 cm³/mol. The molecule has 0 amide bonds. The lowest BCUT2D eigenvalue weighted by atomic mass is 10.1. The summed E-state index contributed by atoms with van der Waals surface area (Å²) in [6.45, 7) is 2.01. The van der Waals surface area contributed by atoms with E-state index in [2.05, 4.69) is 9.71 Å². The molecule has 1 heterocycles. The van der Waals surface area contributed by atoms with Gasteiger partial charge >= 0.3 is 0 Å². The highest BCUT2D eigenvalue weighted by molar-refractivity contribution is 14.0. The lowest BCUT2D eigenvalue weighted by molar-refractivity contribution is -0.385. The van der Waals surface area contributed by atoms with Gasteiger partial charge in [0.15, 0.2) is 5.96 Å². The smallest absolute Gasteiger partial charge is 0.270 e. The molecule has 0 aromatic heterocycles. The molecule has 25 heavy (non-hydrogen) atoms. The highest BCUT2D eigenvalue weighted by atomic mass is 127. The Morgan fingerprint density at radius 1 is 1.32 bits per heavy atom. The van der Waals surface area contributed by atoms with Crippen molar-refractivity contribution in [1.29, 1.82) is 0 Å². The molecule has 1 aromatic rings. The summed E-state index contributed by atoms with van der Waals surface area (Å²) in [6.07, 6.45) is 3.35. The van der Waals surface area contributed by atoms with Crippen LogP contribution in [-0.4, -0.2) is 50.4 Å². The van der Waals surface area contributed by atoms with E-state index >= 15 is 0 Å². The van der Waals surface area contributed by atoms with Crippen LogP contribution < -0.4 is 10.5 Å². The number of halogens is 1. The molecule has 1 aliphatic heterocycles. The summed E-state index contributed by atoms with van der Waals surface area (Å²) in [7, 11) is -3.82. The van der Waals surface area contributed by atoms with E-state index in [1.54, 1.807) is 0 Å². The maximum Gasteiger partial charge on any atom is 0.270 e. The minimum atomic E-state index is -3.82. The average molecular weight is 483 g/mol. The van der Waals surface area contributed by atoms with E-state index in [0.717, 1.165) is 32.0 Å². The number of nitrogens with zero attached hydrogens (tertiary/aromatic N) is 3. The summed E-state index contributed by atoms with van der Waals surface area (Å²) < 4.78 is 26.6. The quantitative estimate of drug-likeness (QED) is 0.157. The molecule has 140 valence electrons. The van der Waals surface area contributed by atoms with E-state index in [4.69, 9.17) is 5.73 Å². The van der Waals surface area contributed by atoms with Crippen LogP contribution in [0.3, 0.4) is 0 Å².